The van der Waals surface area contributed by atoms with Crippen LogP contribution in [0.4, 0.5) is 0 Å². The van der Waals surface area contributed by atoms with Gasteiger partial charge in [-0.05, 0) is 89.0 Å². The molecule has 0 fully saturated rings. The standard InChI is InChI=1S/C42H28/c1-3-11-29(12-4-1)31-19-23-33(24-20-31)41-37-17-9-7-15-35(37)28-40-39(41)27-36-16-8-10-18-38(36)42(40)34-25-21-32(22-26-34)30-13-5-2-6-14-30/h1-28H. The molecule has 0 saturated carbocycles. The third kappa shape index (κ3) is 4.17. The quantitative estimate of drug-likeness (QED) is 0.198. The Morgan fingerprint density at radius 1 is 0.214 bits per heavy atom. The van der Waals surface area contributed by atoms with Crippen LogP contribution in [0.25, 0.3) is 76.8 Å². The average molecular weight is 533 g/mol. The van der Waals surface area contributed by atoms with Crippen molar-refractivity contribution in [2.24, 2.45) is 0 Å². The topological polar surface area (TPSA) is 0 Å². The zero-order chi connectivity index (χ0) is 27.9. The van der Waals surface area contributed by atoms with Crippen LogP contribution < -0.4 is 0 Å². The van der Waals surface area contributed by atoms with Crippen molar-refractivity contribution in [1.29, 1.82) is 0 Å². The molecule has 0 nitrogen and oxygen atoms in total. The van der Waals surface area contributed by atoms with Gasteiger partial charge in [0.2, 0.25) is 0 Å². The number of hydrogen-bond acceptors (Lipinski definition) is 0. The smallest absolute Gasteiger partial charge is 0.00264 e. The van der Waals surface area contributed by atoms with E-state index in [-0.39, 0.29) is 0 Å². The second-order valence-corrected chi connectivity index (χ2v) is 10.9. The molecule has 0 aromatic heterocycles. The Morgan fingerprint density at radius 2 is 0.524 bits per heavy atom. The number of rotatable bonds is 4. The molecule has 0 unspecified atom stereocenters. The Morgan fingerprint density at radius 3 is 0.929 bits per heavy atom. The van der Waals surface area contributed by atoms with Crippen molar-refractivity contribution in [3.63, 3.8) is 0 Å². The van der Waals surface area contributed by atoms with Crippen LogP contribution >= 0.6 is 0 Å². The lowest BCUT2D eigenvalue weighted by atomic mass is 9.85. The first-order valence-corrected chi connectivity index (χ1v) is 14.5. The first-order valence-electron chi connectivity index (χ1n) is 14.5. The summed E-state index contributed by atoms with van der Waals surface area (Å²) < 4.78 is 0. The largest absolute Gasteiger partial charge is 0.0622 e. The molecule has 0 aliphatic carbocycles. The Labute approximate surface area is 246 Å². The maximum Gasteiger partial charge on any atom is -0.00264 e. The Bertz CT molecular complexity index is 2030. The molecule has 8 aromatic rings. The molecule has 8 aromatic carbocycles. The molecule has 0 aliphatic rings. The average Bonchev–Trinajstić information content (AvgIpc) is 3.07. The van der Waals surface area contributed by atoms with Gasteiger partial charge in [0.15, 0.2) is 0 Å². The van der Waals surface area contributed by atoms with Crippen LogP contribution in [0.1, 0.15) is 0 Å². The molecule has 0 N–H and O–H groups in total. The predicted molar refractivity (Wildman–Crippen MR) is 181 cm³/mol. The highest BCUT2D eigenvalue weighted by Gasteiger charge is 2.16. The van der Waals surface area contributed by atoms with Gasteiger partial charge >= 0.3 is 0 Å². The summed E-state index contributed by atoms with van der Waals surface area (Å²) in [5, 5.41) is 7.62. The van der Waals surface area contributed by atoms with Crippen LogP contribution in [0.2, 0.25) is 0 Å². The van der Waals surface area contributed by atoms with Gasteiger partial charge in [-0.1, -0.05) is 158 Å². The van der Waals surface area contributed by atoms with Crippen LogP contribution in [0.3, 0.4) is 0 Å². The van der Waals surface area contributed by atoms with Gasteiger partial charge in [-0.3, -0.25) is 0 Å². The van der Waals surface area contributed by atoms with E-state index < -0.39 is 0 Å². The monoisotopic (exact) mass is 532 g/mol. The lowest BCUT2D eigenvalue weighted by molar-refractivity contribution is 1.61. The van der Waals surface area contributed by atoms with Gasteiger partial charge in [0.25, 0.3) is 0 Å². The van der Waals surface area contributed by atoms with Crippen LogP contribution in [0.5, 0.6) is 0 Å². The molecule has 0 atom stereocenters. The second-order valence-electron chi connectivity index (χ2n) is 10.9. The highest BCUT2D eigenvalue weighted by molar-refractivity contribution is 6.22. The fourth-order valence-electron chi connectivity index (χ4n) is 6.41. The lowest BCUT2D eigenvalue weighted by Gasteiger charge is -2.18. The third-order valence-corrected chi connectivity index (χ3v) is 8.45. The summed E-state index contributed by atoms with van der Waals surface area (Å²) in [6.45, 7) is 0. The Hall–Kier alpha value is -5.46. The lowest BCUT2D eigenvalue weighted by Crippen LogP contribution is -1.91. The van der Waals surface area contributed by atoms with Crippen molar-refractivity contribution in [2.45, 2.75) is 0 Å². The van der Waals surface area contributed by atoms with Gasteiger partial charge in [0.1, 0.15) is 0 Å². The summed E-state index contributed by atoms with van der Waals surface area (Å²) in [7, 11) is 0. The SMILES string of the molecule is c1ccc(-c2ccc(-c3c4ccccc4cc4c(-c5ccc(-c6ccccc6)cc5)c5ccccc5cc34)cc2)cc1. The van der Waals surface area contributed by atoms with Gasteiger partial charge < -0.3 is 0 Å². The van der Waals surface area contributed by atoms with Crippen molar-refractivity contribution in [2.75, 3.05) is 0 Å². The van der Waals surface area contributed by atoms with E-state index in [1.165, 1.54) is 76.8 Å². The van der Waals surface area contributed by atoms with Crippen molar-refractivity contribution in [3.8, 4) is 44.5 Å². The molecule has 8 rings (SSSR count). The van der Waals surface area contributed by atoms with Crippen LogP contribution in [-0.4, -0.2) is 0 Å². The van der Waals surface area contributed by atoms with Crippen molar-refractivity contribution in [1.82, 2.24) is 0 Å². The van der Waals surface area contributed by atoms with Crippen molar-refractivity contribution < 1.29 is 0 Å². The molecule has 196 valence electrons. The molecule has 42 heavy (non-hydrogen) atoms. The minimum Gasteiger partial charge on any atom is -0.0622 e. The van der Waals surface area contributed by atoms with Gasteiger partial charge in [-0.25, -0.2) is 0 Å². The van der Waals surface area contributed by atoms with Gasteiger partial charge in [0.05, 0.1) is 0 Å². The molecular formula is C42H28. The fraction of sp³-hybridized carbons (Fsp3) is 0. The van der Waals surface area contributed by atoms with E-state index in [2.05, 4.69) is 170 Å². The molecule has 0 heterocycles. The van der Waals surface area contributed by atoms with Crippen LogP contribution in [-0.2, 0) is 0 Å². The minimum absolute atomic E-state index is 1.23. The highest BCUT2D eigenvalue weighted by atomic mass is 14.2. The Kier molecular flexibility index (Phi) is 5.90. The third-order valence-electron chi connectivity index (χ3n) is 8.45. The molecule has 0 radical (unpaired) electrons. The normalized spacial score (nSPS) is 11.3. The number of benzene rings is 8. The fourth-order valence-corrected chi connectivity index (χ4v) is 6.41. The molecule has 0 bridgehead atoms. The predicted octanol–water partition coefficient (Wildman–Crippen LogP) is 11.8. The highest BCUT2D eigenvalue weighted by Crippen LogP contribution is 2.44. The number of fused-ring (bicyclic) bond motifs is 3. The van der Waals surface area contributed by atoms with E-state index in [1.807, 2.05) is 0 Å². The van der Waals surface area contributed by atoms with Crippen LogP contribution in [0, 0.1) is 0 Å². The zero-order valence-electron chi connectivity index (χ0n) is 23.2. The second kappa shape index (κ2) is 10.2. The minimum atomic E-state index is 1.23. The molecular weight excluding hydrogens is 504 g/mol. The van der Waals surface area contributed by atoms with E-state index in [1.54, 1.807) is 0 Å². The zero-order valence-corrected chi connectivity index (χ0v) is 23.2. The van der Waals surface area contributed by atoms with Gasteiger partial charge in [-0.15, -0.1) is 0 Å². The van der Waals surface area contributed by atoms with E-state index in [0.717, 1.165) is 0 Å². The van der Waals surface area contributed by atoms with E-state index in [9.17, 15) is 0 Å². The first-order chi connectivity index (χ1) is 20.8. The molecule has 0 spiro atoms. The summed E-state index contributed by atoms with van der Waals surface area (Å²) in [6.07, 6.45) is 0. The maximum atomic E-state index is 2.39. The molecule has 0 amide bonds. The van der Waals surface area contributed by atoms with E-state index in [0.29, 0.717) is 0 Å². The molecule has 0 aliphatic heterocycles. The summed E-state index contributed by atoms with van der Waals surface area (Å²) in [4.78, 5) is 0. The maximum absolute atomic E-state index is 2.39. The molecule has 0 heteroatoms. The summed E-state index contributed by atoms with van der Waals surface area (Å²) in [5.41, 5.74) is 9.97. The number of hydrogen-bond donors (Lipinski definition) is 0. The van der Waals surface area contributed by atoms with E-state index in [4.69, 9.17) is 0 Å². The summed E-state index contributed by atoms with van der Waals surface area (Å²) in [5.74, 6) is 0. The summed E-state index contributed by atoms with van der Waals surface area (Å²) >= 11 is 0. The summed E-state index contributed by atoms with van der Waals surface area (Å²) in [6, 6.07) is 61.7. The van der Waals surface area contributed by atoms with E-state index >= 15 is 0 Å². The van der Waals surface area contributed by atoms with Crippen molar-refractivity contribution in [3.05, 3.63) is 170 Å². The van der Waals surface area contributed by atoms with Gasteiger partial charge in [0, 0.05) is 0 Å². The first kappa shape index (κ1) is 24.3. The molecule has 0 saturated heterocycles. The van der Waals surface area contributed by atoms with Crippen molar-refractivity contribution >= 4 is 32.3 Å². The van der Waals surface area contributed by atoms with Gasteiger partial charge in [-0.2, -0.15) is 0 Å². The Balaban J connectivity index is 1.40. The van der Waals surface area contributed by atoms with Crippen LogP contribution in [0.15, 0.2) is 170 Å².